The lowest BCUT2D eigenvalue weighted by Crippen LogP contribution is -2.42. The summed E-state index contributed by atoms with van der Waals surface area (Å²) in [6.45, 7) is 2.49. The molecule has 20 heavy (non-hydrogen) atoms. The lowest BCUT2D eigenvalue weighted by molar-refractivity contribution is -0.123. The SMILES string of the molecule is CCCC(C(=O)NCC1Cc2ccccc2O1)C(N)=S. The highest BCUT2D eigenvalue weighted by Gasteiger charge is 2.25. The van der Waals surface area contributed by atoms with Crippen LogP contribution in [0, 0.1) is 5.92 Å². The van der Waals surface area contributed by atoms with Gasteiger partial charge in [0.2, 0.25) is 5.91 Å². The number of hydrogen-bond donors (Lipinski definition) is 2. The fourth-order valence-electron chi connectivity index (χ4n) is 2.40. The summed E-state index contributed by atoms with van der Waals surface area (Å²) in [6.07, 6.45) is 2.38. The molecule has 1 aliphatic heterocycles. The highest BCUT2D eigenvalue weighted by molar-refractivity contribution is 7.80. The number of carbonyl (C=O) groups is 1. The van der Waals surface area contributed by atoms with Gasteiger partial charge in [-0.3, -0.25) is 4.79 Å². The molecule has 2 unspecified atom stereocenters. The van der Waals surface area contributed by atoms with Gasteiger partial charge in [-0.25, -0.2) is 0 Å². The van der Waals surface area contributed by atoms with E-state index in [9.17, 15) is 4.79 Å². The largest absolute Gasteiger partial charge is 0.488 e. The highest BCUT2D eigenvalue weighted by atomic mass is 32.1. The molecule has 0 aromatic heterocycles. The van der Waals surface area contributed by atoms with Gasteiger partial charge in [0.05, 0.1) is 17.5 Å². The summed E-state index contributed by atoms with van der Waals surface area (Å²) in [4.78, 5) is 12.3. The van der Waals surface area contributed by atoms with Crippen molar-refractivity contribution in [3.8, 4) is 5.75 Å². The molecule has 2 rings (SSSR count). The summed E-state index contributed by atoms with van der Waals surface area (Å²) in [5.74, 6) is 0.434. The summed E-state index contributed by atoms with van der Waals surface area (Å²) in [5.41, 5.74) is 6.80. The van der Waals surface area contributed by atoms with E-state index in [4.69, 9.17) is 22.7 Å². The maximum atomic E-state index is 12.1. The van der Waals surface area contributed by atoms with Crippen LogP contribution in [-0.2, 0) is 11.2 Å². The molecule has 108 valence electrons. The third-order valence-corrected chi connectivity index (χ3v) is 3.74. The number of rotatable bonds is 6. The molecule has 0 fully saturated rings. The normalized spacial score (nSPS) is 17.9. The topological polar surface area (TPSA) is 64.3 Å². The van der Waals surface area contributed by atoms with Gasteiger partial charge in [0.25, 0.3) is 0 Å². The van der Waals surface area contributed by atoms with E-state index >= 15 is 0 Å². The van der Waals surface area contributed by atoms with E-state index in [-0.39, 0.29) is 22.9 Å². The number of ether oxygens (including phenoxy) is 1. The second-order valence-electron chi connectivity index (χ2n) is 5.04. The quantitative estimate of drug-likeness (QED) is 0.785. The zero-order valence-electron chi connectivity index (χ0n) is 11.6. The number of hydrogen-bond acceptors (Lipinski definition) is 3. The van der Waals surface area contributed by atoms with Crippen LogP contribution in [-0.4, -0.2) is 23.5 Å². The number of amides is 1. The van der Waals surface area contributed by atoms with Crippen LogP contribution in [0.1, 0.15) is 25.3 Å². The first kappa shape index (κ1) is 14.8. The Kier molecular flexibility index (Phi) is 4.95. The van der Waals surface area contributed by atoms with Crippen LogP contribution in [0.5, 0.6) is 5.75 Å². The third-order valence-electron chi connectivity index (χ3n) is 3.46. The molecule has 0 radical (unpaired) electrons. The molecule has 3 N–H and O–H groups in total. The molecule has 5 heteroatoms. The van der Waals surface area contributed by atoms with Gasteiger partial charge in [-0.1, -0.05) is 43.8 Å². The predicted molar refractivity (Wildman–Crippen MR) is 82.8 cm³/mol. The molecule has 4 nitrogen and oxygen atoms in total. The first-order chi connectivity index (χ1) is 9.61. The van der Waals surface area contributed by atoms with Crippen LogP contribution in [0.2, 0.25) is 0 Å². The number of carbonyl (C=O) groups excluding carboxylic acids is 1. The van der Waals surface area contributed by atoms with E-state index in [1.165, 1.54) is 5.56 Å². The molecule has 2 atom stereocenters. The average Bonchev–Trinajstić information content (AvgIpc) is 2.84. The molecular formula is C15H20N2O2S. The summed E-state index contributed by atoms with van der Waals surface area (Å²) in [5, 5.41) is 2.89. The lowest BCUT2D eigenvalue weighted by Gasteiger charge is -2.17. The number of benzene rings is 1. The van der Waals surface area contributed by atoms with E-state index in [2.05, 4.69) is 5.32 Å². The minimum atomic E-state index is -0.376. The zero-order valence-corrected chi connectivity index (χ0v) is 12.4. The van der Waals surface area contributed by atoms with Crippen molar-refractivity contribution in [2.75, 3.05) is 6.54 Å². The average molecular weight is 292 g/mol. The van der Waals surface area contributed by atoms with Crippen molar-refractivity contribution in [3.05, 3.63) is 29.8 Å². The Labute approximate surface area is 124 Å². The molecule has 1 amide bonds. The van der Waals surface area contributed by atoms with Gasteiger partial charge in [-0.05, 0) is 18.1 Å². The van der Waals surface area contributed by atoms with Crippen molar-refractivity contribution in [2.24, 2.45) is 11.7 Å². The third kappa shape index (κ3) is 3.48. The Morgan fingerprint density at radius 2 is 2.30 bits per heavy atom. The lowest BCUT2D eigenvalue weighted by atomic mass is 10.0. The number of fused-ring (bicyclic) bond motifs is 1. The maximum absolute atomic E-state index is 12.1. The summed E-state index contributed by atoms with van der Waals surface area (Å²) in [7, 11) is 0. The van der Waals surface area contributed by atoms with Crippen LogP contribution >= 0.6 is 12.2 Å². The first-order valence-electron chi connectivity index (χ1n) is 6.93. The summed E-state index contributed by atoms with van der Waals surface area (Å²) in [6, 6.07) is 7.94. The Hall–Kier alpha value is -1.62. The van der Waals surface area contributed by atoms with Crippen LogP contribution in [0.4, 0.5) is 0 Å². The van der Waals surface area contributed by atoms with E-state index < -0.39 is 0 Å². The fourth-order valence-corrected chi connectivity index (χ4v) is 2.62. The Bertz CT molecular complexity index is 479. The monoisotopic (exact) mass is 292 g/mol. The van der Waals surface area contributed by atoms with Crippen LogP contribution < -0.4 is 15.8 Å². The van der Waals surface area contributed by atoms with Gasteiger partial charge >= 0.3 is 0 Å². The van der Waals surface area contributed by atoms with Gasteiger partial charge in [0.15, 0.2) is 0 Å². The smallest absolute Gasteiger partial charge is 0.230 e. The Balaban J connectivity index is 1.84. The minimum Gasteiger partial charge on any atom is -0.488 e. The van der Waals surface area contributed by atoms with Crippen LogP contribution in [0.15, 0.2) is 24.3 Å². The molecule has 0 saturated carbocycles. The van der Waals surface area contributed by atoms with Gasteiger partial charge in [0, 0.05) is 6.42 Å². The number of para-hydroxylation sites is 1. The Morgan fingerprint density at radius 3 is 2.95 bits per heavy atom. The molecule has 0 spiro atoms. The second kappa shape index (κ2) is 6.70. The van der Waals surface area contributed by atoms with Gasteiger partial charge < -0.3 is 15.8 Å². The predicted octanol–water partition coefficient (Wildman–Crippen LogP) is 1.81. The fraction of sp³-hybridized carbons (Fsp3) is 0.467. The van der Waals surface area contributed by atoms with Crippen molar-refractivity contribution >= 4 is 23.1 Å². The zero-order chi connectivity index (χ0) is 14.5. The van der Waals surface area contributed by atoms with Crippen molar-refractivity contribution in [3.63, 3.8) is 0 Å². The minimum absolute atomic E-state index is 0.00928. The van der Waals surface area contributed by atoms with Crippen molar-refractivity contribution in [1.82, 2.24) is 5.32 Å². The van der Waals surface area contributed by atoms with Crippen molar-refractivity contribution in [1.29, 1.82) is 0 Å². The molecule has 1 aromatic rings. The molecule has 1 aliphatic rings. The van der Waals surface area contributed by atoms with Crippen LogP contribution in [0.3, 0.4) is 0 Å². The molecule has 1 heterocycles. The van der Waals surface area contributed by atoms with E-state index in [1.54, 1.807) is 0 Å². The van der Waals surface area contributed by atoms with Crippen molar-refractivity contribution in [2.45, 2.75) is 32.3 Å². The number of nitrogens with two attached hydrogens (primary N) is 1. The van der Waals surface area contributed by atoms with Gasteiger partial charge in [-0.2, -0.15) is 0 Å². The Morgan fingerprint density at radius 1 is 1.55 bits per heavy atom. The first-order valence-corrected chi connectivity index (χ1v) is 7.34. The summed E-state index contributed by atoms with van der Waals surface area (Å²) >= 11 is 4.95. The van der Waals surface area contributed by atoms with Crippen molar-refractivity contribution < 1.29 is 9.53 Å². The van der Waals surface area contributed by atoms with E-state index in [1.807, 2.05) is 31.2 Å². The number of thiocarbonyl (C=S) groups is 1. The molecule has 0 bridgehead atoms. The van der Waals surface area contributed by atoms with Crippen LogP contribution in [0.25, 0.3) is 0 Å². The van der Waals surface area contributed by atoms with Gasteiger partial charge in [-0.15, -0.1) is 0 Å². The van der Waals surface area contributed by atoms with E-state index in [0.717, 1.165) is 18.6 Å². The highest BCUT2D eigenvalue weighted by Crippen LogP contribution is 2.27. The molecule has 0 saturated heterocycles. The van der Waals surface area contributed by atoms with E-state index in [0.29, 0.717) is 13.0 Å². The molecule has 1 aromatic carbocycles. The molecular weight excluding hydrogens is 272 g/mol. The standard InChI is InChI=1S/C15H20N2O2S/c1-2-5-12(14(16)20)15(18)17-9-11-8-10-6-3-4-7-13(10)19-11/h3-4,6-7,11-12H,2,5,8-9H2,1H3,(H2,16,20)(H,17,18). The second-order valence-corrected chi connectivity index (χ2v) is 5.51. The van der Waals surface area contributed by atoms with Gasteiger partial charge in [0.1, 0.15) is 11.9 Å². The number of nitrogens with one attached hydrogen (secondary N) is 1. The maximum Gasteiger partial charge on any atom is 0.230 e. The summed E-state index contributed by atoms with van der Waals surface area (Å²) < 4.78 is 5.78. The molecule has 0 aliphatic carbocycles.